The van der Waals surface area contributed by atoms with Crippen LogP contribution in [0.25, 0.3) is 0 Å². The smallest absolute Gasteiger partial charge is 0.157 e. The van der Waals surface area contributed by atoms with Crippen LogP contribution in [0.3, 0.4) is 0 Å². The fourth-order valence-corrected chi connectivity index (χ4v) is 2.43. The van der Waals surface area contributed by atoms with E-state index in [4.69, 9.17) is 0 Å². The van der Waals surface area contributed by atoms with Crippen molar-refractivity contribution < 1.29 is 4.79 Å². The van der Waals surface area contributed by atoms with Crippen molar-refractivity contribution in [3.05, 3.63) is 49.7 Å². The van der Waals surface area contributed by atoms with Crippen LogP contribution in [-0.4, -0.2) is 12.3 Å². The van der Waals surface area contributed by atoms with E-state index in [1.807, 2.05) is 12.2 Å². The van der Waals surface area contributed by atoms with Crippen molar-refractivity contribution in [2.24, 2.45) is 5.41 Å². The molecule has 1 aliphatic rings. The first-order valence-electron chi connectivity index (χ1n) is 5.96. The molecule has 0 atom stereocenters. The summed E-state index contributed by atoms with van der Waals surface area (Å²) in [6, 6.07) is 0. The molecule has 0 heterocycles. The molecule has 0 aromatic rings. The van der Waals surface area contributed by atoms with Gasteiger partial charge in [0.2, 0.25) is 0 Å². The highest BCUT2D eigenvalue weighted by molar-refractivity contribution is 5.91. The molecule has 2 heteroatoms. The number of hydrogen-bond donors (Lipinski definition) is 1. The van der Waals surface area contributed by atoms with Crippen molar-refractivity contribution in [1.82, 2.24) is 5.32 Å². The molecule has 0 saturated carbocycles. The Morgan fingerprint density at radius 2 is 1.82 bits per heavy atom. The van der Waals surface area contributed by atoms with E-state index in [2.05, 4.69) is 25.1 Å². The summed E-state index contributed by atoms with van der Waals surface area (Å²) in [5, 5.41) is 3.23. The quantitative estimate of drug-likeness (QED) is 0.682. The minimum absolute atomic E-state index is 0.0289. The predicted molar refractivity (Wildman–Crippen MR) is 72.6 cm³/mol. The summed E-state index contributed by atoms with van der Waals surface area (Å²) < 4.78 is 0. The maximum absolute atomic E-state index is 11.8. The van der Waals surface area contributed by atoms with Gasteiger partial charge in [-0.1, -0.05) is 18.2 Å². The van der Waals surface area contributed by atoms with Gasteiger partial charge in [0.1, 0.15) is 0 Å². The zero-order valence-corrected chi connectivity index (χ0v) is 10.4. The lowest BCUT2D eigenvalue weighted by atomic mass is 9.70. The van der Waals surface area contributed by atoms with Gasteiger partial charge in [0.25, 0.3) is 0 Å². The van der Waals surface area contributed by atoms with Crippen molar-refractivity contribution in [2.45, 2.75) is 25.7 Å². The van der Waals surface area contributed by atoms with E-state index in [0.717, 1.165) is 25.0 Å². The van der Waals surface area contributed by atoms with Crippen LogP contribution in [0.1, 0.15) is 25.7 Å². The van der Waals surface area contributed by atoms with Gasteiger partial charge in [-0.25, -0.2) is 0 Å². The van der Waals surface area contributed by atoms with Crippen molar-refractivity contribution in [2.75, 3.05) is 6.54 Å². The van der Waals surface area contributed by atoms with Crippen LogP contribution in [0.2, 0.25) is 0 Å². The highest BCUT2D eigenvalue weighted by Gasteiger charge is 2.34. The molecule has 0 fully saturated rings. The van der Waals surface area contributed by atoms with Gasteiger partial charge in [0.15, 0.2) is 5.78 Å². The second-order valence-corrected chi connectivity index (χ2v) is 4.64. The fraction of sp³-hybridized carbons (Fsp3) is 0.400. The van der Waals surface area contributed by atoms with Crippen molar-refractivity contribution in [1.29, 1.82) is 0 Å². The van der Waals surface area contributed by atoms with Crippen molar-refractivity contribution >= 4 is 5.78 Å². The maximum Gasteiger partial charge on any atom is 0.157 e. The summed E-state index contributed by atoms with van der Waals surface area (Å²) in [7, 11) is 0. The second-order valence-electron chi connectivity index (χ2n) is 4.64. The standard InChI is InChI=1S/C15H21NO/c1-4-7-15(8-5-2)11-13(16-9-6-3)10-14(17)12-15/h4-6,10,16H,1-3,7-9,11-12H2. The lowest BCUT2D eigenvalue weighted by Crippen LogP contribution is -2.31. The summed E-state index contributed by atoms with van der Waals surface area (Å²) >= 11 is 0. The number of carbonyl (C=O) groups excluding carboxylic acids is 1. The molecule has 0 saturated heterocycles. The summed E-state index contributed by atoms with van der Waals surface area (Å²) in [6.07, 6.45) is 10.5. The average Bonchev–Trinajstić information content (AvgIpc) is 2.26. The van der Waals surface area contributed by atoms with E-state index in [-0.39, 0.29) is 11.2 Å². The van der Waals surface area contributed by atoms with Crippen molar-refractivity contribution in [3.8, 4) is 0 Å². The third kappa shape index (κ3) is 3.74. The van der Waals surface area contributed by atoms with Gasteiger partial charge in [0, 0.05) is 24.7 Å². The first-order chi connectivity index (χ1) is 8.15. The Hall–Kier alpha value is -1.57. The van der Waals surface area contributed by atoms with Crippen LogP contribution in [0.5, 0.6) is 0 Å². The third-order valence-electron chi connectivity index (χ3n) is 3.08. The summed E-state index contributed by atoms with van der Waals surface area (Å²) in [5.41, 5.74) is 0.976. The molecule has 1 aliphatic carbocycles. The van der Waals surface area contributed by atoms with E-state index in [0.29, 0.717) is 13.0 Å². The largest absolute Gasteiger partial charge is 0.385 e. The zero-order valence-electron chi connectivity index (χ0n) is 10.4. The topological polar surface area (TPSA) is 29.1 Å². The number of ketones is 1. The molecule has 0 radical (unpaired) electrons. The molecule has 0 bridgehead atoms. The van der Waals surface area contributed by atoms with Crippen LogP contribution in [0, 0.1) is 5.41 Å². The van der Waals surface area contributed by atoms with Crippen LogP contribution in [-0.2, 0) is 4.79 Å². The lowest BCUT2D eigenvalue weighted by molar-refractivity contribution is -0.117. The van der Waals surface area contributed by atoms with E-state index in [1.54, 1.807) is 12.2 Å². The normalized spacial score (nSPS) is 18.1. The first kappa shape index (κ1) is 13.5. The number of hydrogen-bond acceptors (Lipinski definition) is 2. The molecule has 17 heavy (non-hydrogen) atoms. The highest BCUT2D eigenvalue weighted by atomic mass is 16.1. The Labute approximate surface area is 104 Å². The summed E-state index contributed by atoms with van der Waals surface area (Å²) in [5.74, 6) is 0.187. The average molecular weight is 231 g/mol. The molecular formula is C15H21NO. The van der Waals surface area contributed by atoms with E-state index in [1.165, 1.54) is 0 Å². The highest BCUT2D eigenvalue weighted by Crippen LogP contribution is 2.40. The molecule has 0 amide bonds. The van der Waals surface area contributed by atoms with Crippen LogP contribution in [0.4, 0.5) is 0 Å². The number of carbonyl (C=O) groups is 1. The van der Waals surface area contributed by atoms with E-state index in [9.17, 15) is 4.79 Å². The Morgan fingerprint density at radius 3 is 2.35 bits per heavy atom. The monoisotopic (exact) mass is 231 g/mol. The van der Waals surface area contributed by atoms with Gasteiger partial charge in [-0.05, 0) is 24.7 Å². The Balaban J connectivity index is 2.84. The van der Waals surface area contributed by atoms with Crippen LogP contribution in [0.15, 0.2) is 49.7 Å². The molecule has 2 nitrogen and oxygen atoms in total. The van der Waals surface area contributed by atoms with Gasteiger partial charge < -0.3 is 5.32 Å². The molecule has 1 rings (SSSR count). The van der Waals surface area contributed by atoms with Crippen molar-refractivity contribution in [3.63, 3.8) is 0 Å². The molecule has 1 N–H and O–H groups in total. The number of nitrogens with one attached hydrogen (secondary N) is 1. The van der Waals surface area contributed by atoms with E-state index < -0.39 is 0 Å². The zero-order chi connectivity index (χ0) is 12.7. The van der Waals surface area contributed by atoms with Gasteiger partial charge >= 0.3 is 0 Å². The molecular weight excluding hydrogens is 210 g/mol. The second kappa shape index (κ2) is 6.24. The predicted octanol–water partition coefficient (Wildman–Crippen LogP) is 3.15. The maximum atomic E-state index is 11.8. The van der Waals surface area contributed by atoms with Gasteiger partial charge in [-0.2, -0.15) is 0 Å². The molecule has 0 aromatic heterocycles. The Bertz CT molecular complexity index is 342. The van der Waals surface area contributed by atoms with Crippen LogP contribution >= 0.6 is 0 Å². The minimum atomic E-state index is -0.0289. The minimum Gasteiger partial charge on any atom is -0.385 e. The Kier molecular flexibility index (Phi) is 4.95. The summed E-state index contributed by atoms with van der Waals surface area (Å²) in [6.45, 7) is 11.9. The van der Waals surface area contributed by atoms with Gasteiger partial charge in [-0.15, -0.1) is 19.7 Å². The fourth-order valence-electron chi connectivity index (χ4n) is 2.43. The molecule has 0 aromatic carbocycles. The first-order valence-corrected chi connectivity index (χ1v) is 5.96. The lowest BCUT2D eigenvalue weighted by Gasteiger charge is -2.35. The van der Waals surface area contributed by atoms with Gasteiger partial charge in [0.05, 0.1) is 0 Å². The summed E-state index contributed by atoms with van der Waals surface area (Å²) in [4.78, 5) is 11.8. The number of allylic oxidation sites excluding steroid dienone is 4. The SMILES string of the molecule is C=CCNC1=CC(=O)CC(CC=C)(CC=C)C1. The Morgan fingerprint density at radius 1 is 1.18 bits per heavy atom. The molecule has 0 unspecified atom stereocenters. The number of rotatable bonds is 7. The van der Waals surface area contributed by atoms with Crippen LogP contribution < -0.4 is 5.32 Å². The van der Waals surface area contributed by atoms with E-state index >= 15 is 0 Å². The molecule has 0 aliphatic heterocycles. The molecule has 92 valence electrons. The van der Waals surface area contributed by atoms with Gasteiger partial charge in [-0.3, -0.25) is 4.79 Å². The third-order valence-corrected chi connectivity index (χ3v) is 3.08. The molecule has 0 spiro atoms.